The fraction of sp³-hybridized carbons (Fsp3) is 0.500. The summed E-state index contributed by atoms with van der Waals surface area (Å²) in [4.78, 5) is 23.1. The summed E-state index contributed by atoms with van der Waals surface area (Å²) in [6.45, 7) is 0. The van der Waals surface area contributed by atoms with E-state index in [0.717, 1.165) is 0 Å². The zero-order valence-electron chi connectivity index (χ0n) is 12.5. The highest BCUT2D eigenvalue weighted by Crippen LogP contribution is 2.27. The number of nitrogens with one attached hydrogen (secondary N) is 1. The second-order valence-electron chi connectivity index (χ2n) is 5.55. The van der Waals surface area contributed by atoms with Crippen LogP contribution in [-0.2, 0) is 16.0 Å². The third-order valence-corrected chi connectivity index (χ3v) is 4.43. The Hall–Kier alpha value is -1.75. The Morgan fingerprint density at radius 3 is 2.59 bits per heavy atom. The van der Waals surface area contributed by atoms with E-state index < -0.39 is 5.97 Å². The minimum absolute atomic E-state index is 0.0385. The molecule has 0 saturated heterocycles. The van der Waals surface area contributed by atoms with E-state index in [2.05, 4.69) is 5.32 Å². The van der Waals surface area contributed by atoms with Gasteiger partial charge in [0.05, 0.1) is 19.4 Å². The van der Waals surface area contributed by atoms with Crippen molar-refractivity contribution in [2.75, 3.05) is 7.11 Å². The van der Waals surface area contributed by atoms with E-state index in [1.165, 1.54) is 0 Å². The first-order chi connectivity index (χ1) is 10.5. The number of hydrogen-bond donors (Lipinski definition) is 2. The number of benzene rings is 1. The second-order valence-corrected chi connectivity index (χ2v) is 5.96. The van der Waals surface area contributed by atoms with Gasteiger partial charge in [0.1, 0.15) is 5.75 Å². The highest BCUT2D eigenvalue weighted by molar-refractivity contribution is 6.31. The molecule has 1 saturated carbocycles. The number of carboxylic acid groups (broad SMARTS) is 1. The van der Waals surface area contributed by atoms with Gasteiger partial charge in [0.2, 0.25) is 5.91 Å². The number of halogens is 1. The molecule has 1 aliphatic rings. The molecule has 0 aromatic heterocycles. The standard InChI is InChI=1S/C16H20ClNO4/c1-22-14-4-2-3-13(17)12(14)9-15(19)18-11-7-5-10(6-8-11)16(20)21/h2-4,10-11H,5-9H2,1H3,(H,18,19)(H,20,21). The molecule has 1 amide bonds. The third-order valence-electron chi connectivity index (χ3n) is 4.07. The Bertz CT molecular complexity index is 553. The quantitative estimate of drug-likeness (QED) is 0.872. The van der Waals surface area contributed by atoms with E-state index in [4.69, 9.17) is 21.4 Å². The van der Waals surface area contributed by atoms with E-state index >= 15 is 0 Å². The van der Waals surface area contributed by atoms with E-state index in [0.29, 0.717) is 42.0 Å². The summed E-state index contributed by atoms with van der Waals surface area (Å²) < 4.78 is 5.23. The Kier molecular flexibility index (Phi) is 5.66. The smallest absolute Gasteiger partial charge is 0.306 e. The number of hydrogen-bond acceptors (Lipinski definition) is 3. The van der Waals surface area contributed by atoms with Gasteiger partial charge in [0.25, 0.3) is 0 Å². The lowest BCUT2D eigenvalue weighted by molar-refractivity contribution is -0.142. The molecule has 1 aliphatic carbocycles. The molecular weight excluding hydrogens is 306 g/mol. The molecule has 0 unspecified atom stereocenters. The molecule has 0 spiro atoms. The van der Waals surface area contributed by atoms with E-state index in [-0.39, 0.29) is 24.3 Å². The lowest BCUT2D eigenvalue weighted by atomic mass is 9.86. The number of ether oxygens (including phenoxy) is 1. The topological polar surface area (TPSA) is 75.6 Å². The number of amides is 1. The average Bonchev–Trinajstić information content (AvgIpc) is 2.49. The monoisotopic (exact) mass is 325 g/mol. The zero-order chi connectivity index (χ0) is 16.1. The summed E-state index contributed by atoms with van der Waals surface area (Å²) in [6.07, 6.45) is 2.76. The summed E-state index contributed by atoms with van der Waals surface area (Å²) in [7, 11) is 1.54. The fourth-order valence-corrected chi connectivity index (χ4v) is 3.06. The summed E-state index contributed by atoms with van der Waals surface area (Å²) in [5.74, 6) is -0.551. The Balaban J connectivity index is 1.90. The van der Waals surface area contributed by atoms with Gasteiger partial charge in [-0.05, 0) is 37.8 Å². The fourth-order valence-electron chi connectivity index (χ4n) is 2.83. The number of carbonyl (C=O) groups excluding carboxylic acids is 1. The molecule has 2 N–H and O–H groups in total. The first-order valence-corrected chi connectivity index (χ1v) is 7.72. The molecule has 0 atom stereocenters. The molecule has 0 heterocycles. The highest BCUT2D eigenvalue weighted by atomic mass is 35.5. The Labute approximate surface area is 134 Å². The van der Waals surface area contributed by atoms with Crippen LogP contribution >= 0.6 is 11.6 Å². The van der Waals surface area contributed by atoms with Crippen molar-refractivity contribution in [2.24, 2.45) is 5.92 Å². The molecule has 2 rings (SSSR count). The van der Waals surface area contributed by atoms with E-state index in [1.807, 2.05) is 0 Å². The molecule has 22 heavy (non-hydrogen) atoms. The van der Waals surface area contributed by atoms with Crippen LogP contribution in [0.15, 0.2) is 18.2 Å². The van der Waals surface area contributed by atoms with Crippen LogP contribution < -0.4 is 10.1 Å². The highest BCUT2D eigenvalue weighted by Gasteiger charge is 2.26. The molecule has 1 aromatic carbocycles. The van der Waals surface area contributed by atoms with Gasteiger partial charge in [0, 0.05) is 16.6 Å². The van der Waals surface area contributed by atoms with Gasteiger partial charge < -0.3 is 15.2 Å². The van der Waals surface area contributed by atoms with Crippen LogP contribution in [0.1, 0.15) is 31.2 Å². The Morgan fingerprint density at radius 1 is 1.32 bits per heavy atom. The van der Waals surface area contributed by atoms with Crippen molar-refractivity contribution in [3.8, 4) is 5.75 Å². The molecule has 6 heteroatoms. The summed E-state index contributed by atoms with van der Waals surface area (Å²) in [5, 5.41) is 12.4. The summed E-state index contributed by atoms with van der Waals surface area (Å²) >= 11 is 6.12. The average molecular weight is 326 g/mol. The SMILES string of the molecule is COc1cccc(Cl)c1CC(=O)NC1CCC(C(=O)O)CC1. The molecule has 120 valence electrons. The second kappa shape index (κ2) is 7.49. The predicted octanol–water partition coefficient (Wildman–Crippen LogP) is 2.65. The third kappa shape index (κ3) is 4.13. The minimum atomic E-state index is -0.745. The van der Waals surface area contributed by atoms with Crippen LogP contribution in [-0.4, -0.2) is 30.1 Å². The van der Waals surface area contributed by atoms with Crippen molar-refractivity contribution in [2.45, 2.75) is 38.1 Å². The molecule has 5 nitrogen and oxygen atoms in total. The first-order valence-electron chi connectivity index (χ1n) is 7.34. The van der Waals surface area contributed by atoms with E-state index in [9.17, 15) is 9.59 Å². The van der Waals surface area contributed by atoms with Crippen molar-refractivity contribution in [1.82, 2.24) is 5.32 Å². The van der Waals surface area contributed by atoms with Gasteiger partial charge in [-0.2, -0.15) is 0 Å². The van der Waals surface area contributed by atoms with Crippen molar-refractivity contribution in [3.63, 3.8) is 0 Å². The number of carbonyl (C=O) groups is 2. The minimum Gasteiger partial charge on any atom is -0.496 e. The Morgan fingerprint density at radius 2 is 2.00 bits per heavy atom. The van der Waals surface area contributed by atoms with Crippen LogP contribution in [0.25, 0.3) is 0 Å². The van der Waals surface area contributed by atoms with E-state index in [1.54, 1.807) is 25.3 Å². The van der Waals surface area contributed by atoms with Crippen molar-refractivity contribution in [3.05, 3.63) is 28.8 Å². The van der Waals surface area contributed by atoms with Crippen LogP contribution in [0.5, 0.6) is 5.75 Å². The van der Waals surface area contributed by atoms with Crippen LogP contribution in [0.4, 0.5) is 0 Å². The number of carboxylic acids is 1. The van der Waals surface area contributed by atoms with Gasteiger partial charge in [-0.1, -0.05) is 17.7 Å². The maximum Gasteiger partial charge on any atom is 0.306 e. The van der Waals surface area contributed by atoms with Crippen LogP contribution in [0.3, 0.4) is 0 Å². The zero-order valence-corrected chi connectivity index (χ0v) is 13.2. The van der Waals surface area contributed by atoms with Gasteiger partial charge >= 0.3 is 5.97 Å². The number of aliphatic carboxylic acids is 1. The normalized spacial score (nSPS) is 21.2. The van der Waals surface area contributed by atoms with Crippen molar-refractivity contribution in [1.29, 1.82) is 0 Å². The molecule has 0 radical (unpaired) electrons. The molecule has 1 aromatic rings. The van der Waals surface area contributed by atoms with Gasteiger partial charge in [-0.25, -0.2) is 0 Å². The van der Waals surface area contributed by atoms with Gasteiger partial charge in [0.15, 0.2) is 0 Å². The maximum atomic E-state index is 12.2. The lowest BCUT2D eigenvalue weighted by Gasteiger charge is -2.27. The molecule has 0 bridgehead atoms. The molecule has 1 fully saturated rings. The van der Waals surface area contributed by atoms with Crippen molar-refractivity contribution < 1.29 is 19.4 Å². The van der Waals surface area contributed by atoms with Crippen LogP contribution in [0.2, 0.25) is 5.02 Å². The largest absolute Gasteiger partial charge is 0.496 e. The van der Waals surface area contributed by atoms with Gasteiger partial charge in [-0.15, -0.1) is 0 Å². The maximum absolute atomic E-state index is 12.2. The predicted molar refractivity (Wildman–Crippen MR) is 83.2 cm³/mol. The first kappa shape index (κ1) is 16.6. The summed E-state index contributed by atoms with van der Waals surface area (Å²) in [5.41, 5.74) is 0.670. The van der Waals surface area contributed by atoms with Gasteiger partial charge in [-0.3, -0.25) is 9.59 Å². The lowest BCUT2D eigenvalue weighted by Crippen LogP contribution is -2.39. The molecule has 0 aliphatic heterocycles. The number of rotatable bonds is 5. The van der Waals surface area contributed by atoms with Crippen LogP contribution in [0, 0.1) is 5.92 Å². The molecular formula is C16H20ClNO4. The van der Waals surface area contributed by atoms with Crippen molar-refractivity contribution >= 4 is 23.5 Å². The summed E-state index contributed by atoms with van der Waals surface area (Å²) in [6, 6.07) is 5.31. The number of methoxy groups -OCH3 is 1.